The molecule has 0 N–H and O–H groups in total. The van der Waals surface area contributed by atoms with E-state index in [4.69, 9.17) is 14.2 Å². The fraction of sp³-hybridized carbons (Fsp3) is 0.476. The highest BCUT2D eigenvalue weighted by molar-refractivity contribution is 5.93. The van der Waals surface area contributed by atoms with E-state index in [1.54, 1.807) is 19.1 Å². The summed E-state index contributed by atoms with van der Waals surface area (Å²) in [7, 11) is 0. The van der Waals surface area contributed by atoms with Gasteiger partial charge in [0.1, 0.15) is 18.3 Å². The molecule has 0 amide bonds. The summed E-state index contributed by atoms with van der Waals surface area (Å²) in [6.45, 7) is 9.36. The second kappa shape index (κ2) is 7.55. The molecule has 0 saturated carbocycles. The van der Waals surface area contributed by atoms with Gasteiger partial charge in [-0.15, -0.1) is 0 Å². The molecule has 1 aliphatic carbocycles. The topological polar surface area (TPSA) is 78.9 Å². The van der Waals surface area contributed by atoms with Crippen LogP contribution in [0.15, 0.2) is 47.1 Å². The van der Waals surface area contributed by atoms with Crippen LogP contribution >= 0.6 is 0 Å². The maximum absolute atomic E-state index is 12.5. The first-order chi connectivity index (χ1) is 12.8. The van der Waals surface area contributed by atoms with Crippen LogP contribution < -0.4 is 0 Å². The van der Waals surface area contributed by atoms with Crippen LogP contribution in [0.2, 0.25) is 0 Å². The van der Waals surface area contributed by atoms with Crippen molar-refractivity contribution in [1.29, 1.82) is 0 Å². The van der Waals surface area contributed by atoms with Crippen LogP contribution in [0, 0.1) is 5.92 Å². The van der Waals surface area contributed by atoms with Gasteiger partial charge in [0.25, 0.3) is 0 Å². The molecule has 6 heteroatoms. The Labute approximate surface area is 158 Å². The van der Waals surface area contributed by atoms with Gasteiger partial charge in [-0.05, 0) is 32.4 Å². The zero-order valence-electron chi connectivity index (χ0n) is 15.8. The smallest absolute Gasteiger partial charge is 0.334 e. The van der Waals surface area contributed by atoms with Crippen LogP contribution in [0.3, 0.4) is 0 Å². The first-order valence-corrected chi connectivity index (χ1v) is 9.16. The molecule has 2 bridgehead atoms. The number of ether oxygens (including phenoxy) is 3. The molecule has 27 heavy (non-hydrogen) atoms. The van der Waals surface area contributed by atoms with Crippen LogP contribution in [0.1, 0.15) is 40.0 Å². The number of fused-ring (bicyclic) bond motifs is 2. The van der Waals surface area contributed by atoms with E-state index in [2.05, 4.69) is 6.58 Å². The van der Waals surface area contributed by atoms with Crippen LogP contribution in [0.25, 0.3) is 0 Å². The number of rotatable bonds is 3. The van der Waals surface area contributed by atoms with Gasteiger partial charge in [0.2, 0.25) is 0 Å². The standard InChI is InChI=1S/C21H24O6/c1-5-6-12(3)19(22)26-16-8-11(2)7-15-9-14(21(24)25-15)10-17-18(16)13(4)20(23)27-17/h6,8-9,15-18H,4-5,7,10H2,1-3H3/b11-8+,12-6+/t15-,16?,17?,18+/m1/s1. The predicted molar refractivity (Wildman–Crippen MR) is 97.4 cm³/mol. The lowest BCUT2D eigenvalue weighted by molar-refractivity contribution is -0.146. The third-order valence-electron chi connectivity index (χ3n) is 5.05. The molecule has 3 aliphatic rings. The molecule has 6 nitrogen and oxygen atoms in total. The third kappa shape index (κ3) is 3.89. The summed E-state index contributed by atoms with van der Waals surface area (Å²) in [5.74, 6) is -1.90. The molecule has 144 valence electrons. The number of carbonyl (C=O) groups is 3. The van der Waals surface area contributed by atoms with Crippen molar-refractivity contribution >= 4 is 17.9 Å². The Morgan fingerprint density at radius 1 is 1.26 bits per heavy atom. The van der Waals surface area contributed by atoms with E-state index >= 15 is 0 Å². The monoisotopic (exact) mass is 372 g/mol. The highest BCUT2D eigenvalue weighted by Crippen LogP contribution is 2.38. The number of esters is 3. The van der Waals surface area contributed by atoms with E-state index in [0.717, 1.165) is 12.0 Å². The average Bonchev–Trinajstić information content (AvgIpc) is 3.06. The molecule has 4 atom stereocenters. The SMILES string of the molecule is C=C1C(=O)OC2CC3=C[C@@H](C/C(C)=C/C(OC(=O)/C(C)=C/CC)[C@H]12)OC3=O. The van der Waals surface area contributed by atoms with Gasteiger partial charge < -0.3 is 14.2 Å². The van der Waals surface area contributed by atoms with Gasteiger partial charge in [0.15, 0.2) is 0 Å². The van der Waals surface area contributed by atoms with Crippen molar-refractivity contribution in [2.24, 2.45) is 5.92 Å². The van der Waals surface area contributed by atoms with Gasteiger partial charge in [-0.2, -0.15) is 0 Å². The highest BCUT2D eigenvalue weighted by Gasteiger charge is 2.46. The van der Waals surface area contributed by atoms with Crippen molar-refractivity contribution in [2.45, 2.75) is 58.3 Å². The van der Waals surface area contributed by atoms with Crippen molar-refractivity contribution in [3.05, 3.63) is 47.1 Å². The van der Waals surface area contributed by atoms with E-state index in [0.29, 0.717) is 17.6 Å². The van der Waals surface area contributed by atoms with E-state index in [1.165, 1.54) is 0 Å². The molecule has 2 unspecified atom stereocenters. The summed E-state index contributed by atoms with van der Waals surface area (Å²) in [5, 5.41) is 0. The Balaban J connectivity index is 1.96. The van der Waals surface area contributed by atoms with Gasteiger partial charge in [0, 0.05) is 29.6 Å². The van der Waals surface area contributed by atoms with Crippen LogP contribution in [0.4, 0.5) is 0 Å². The van der Waals surface area contributed by atoms with E-state index in [9.17, 15) is 14.4 Å². The Morgan fingerprint density at radius 2 is 2.00 bits per heavy atom. The molecule has 0 aromatic rings. The Hall–Kier alpha value is -2.63. The summed E-state index contributed by atoms with van der Waals surface area (Å²) in [6.07, 6.45) is 5.15. The van der Waals surface area contributed by atoms with Crippen molar-refractivity contribution in [2.75, 3.05) is 0 Å². The predicted octanol–water partition coefficient (Wildman–Crippen LogP) is 2.94. The molecular formula is C21H24O6. The number of hydrogen-bond acceptors (Lipinski definition) is 6. The maximum atomic E-state index is 12.5. The molecule has 0 radical (unpaired) electrons. The Kier molecular flexibility index (Phi) is 5.35. The average molecular weight is 372 g/mol. The van der Waals surface area contributed by atoms with E-state index in [-0.39, 0.29) is 18.1 Å². The largest absolute Gasteiger partial charge is 0.458 e. The third-order valence-corrected chi connectivity index (χ3v) is 5.05. The summed E-state index contributed by atoms with van der Waals surface area (Å²) in [5.41, 5.74) is 2.14. The quantitative estimate of drug-likeness (QED) is 0.328. The minimum atomic E-state index is -0.699. The minimum Gasteiger partial charge on any atom is -0.458 e. The van der Waals surface area contributed by atoms with Gasteiger partial charge in [-0.3, -0.25) is 0 Å². The van der Waals surface area contributed by atoms with Crippen molar-refractivity contribution in [3.8, 4) is 0 Å². The molecule has 2 heterocycles. The molecule has 1 saturated heterocycles. The number of hydrogen-bond donors (Lipinski definition) is 0. The molecule has 1 fully saturated rings. The lowest BCUT2D eigenvalue weighted by Gasteiger charge is -2.26. The first kappa shape index (κ1) is 19.1. The fourth-order valence-electron chi connectivity index (χ4n) is 3.72. The molecule has 0 aromatic carbocycles. The molecule has 2 aliphatic heterocycles. The van der Waals surface area contributed by atoms with E-state index in [1.807, 2.05) is 19.9 Å². The summed E-state index contributed by atoms with van der Waals surface area (Å²) in [6, 6.07) is 0. The van der Waals surface area contributed by atoms with Crippen LogP contribution in [-0.2, 0) is 28.6 Å². The zero-order valence-corrected chi connectivity index (χ0v) is 15.8. The lowest BCUT2D eigenvalue weighted by atomic mass is 9.85. The summed E-state index contributed by atoms with van der Waals surface area (Å²) >= 11 is 0. The second-order valence-electron chi connectivity index (χ2n) is 7.22. The van der Waals surface area contributed by atoms with Crippen LogP contribution in [-0.4, -0.2) is 36.2 Å². The van der Waals surface area contributed by atoms with Crippen molar-refractivity contribution < 1.29 is 28.6 Å². The van der Waals surface area contributed by atoms with Gasteiger partial charge >= 0.3 is 17.9 Å². The van der Waals surface area contributed by atoms with Gasteiger partial charge in [-0.1, -0.05) is 25.2 Å². The lowest BCUT2D eigenvalue weighted by Crippen LogP contribution is -2.33. The zero-order chi connectivity index (χ0) is 19.7. The number of carbonyl (C=O) groups excluding carboxylic acids is 3. The van der Waals surface area contributed by atoms with Crippen LogP contribution in [0.5, 0.6) is 0 Å². The fourth-order valence-corrected chi connectivity index (χ4v) is 3.72. The molecular weight excluding hydrogens is 348 g/mol. The van der Waals surface area contributed by atoms with Gasteiger partial charge in [-0.25, -0.2) is 14.4 Å². The molecule has 0 aromatic heterocycles. The molecule has 0 spiro atoms. The van der Waals surface area contributed by atoms with Crippen molar-refractivity contribution in [3.63, 3.8) is 0 Å². The van der Waals surface area contributed by atoms with E-state index < -0.39 is 36.0 Å². The second-order valence-corrected chi connectivity index (χ2v) is 7.22. The number of allylic oxidation sites excluding steroid dienone is 1. The minimum absolute atomic E-state index is 0.218. The van der Waals surface area contributed by atoms with Crippen molar-refractivity contribution in [1.82, 2.24) is 0 Å². The normalized spacial score (nSPS) is 32.7. The highest BCUT2D eigenvalue weighted by atomic mass is 16.6. The Morgan fingerprint density at radius 3 is 2.70 bits per heavy atom. The molecule has 3 rings (SSSR count). The summed E-state index contributed by atoms with van der Waals surface area (Å²) < 4.78 is 16.5. The summed E-state index contributed by atoms with van der Waals surface area (Å²) in [4.78, 5) is 36.7. The maximum Gasteiger partial charge on any atom is 0.334 e. The Bertz CT molecular complexity index is 784. The first-order valence-electron chi connectivity index (χ1n) is 9.16. The van der Waals surface area contributed by atoms with Gasteiger partial charge in [0.05, 0.1) is 5.92 Å².